The molecular weight excluding hydrogens is 308 g/mol. The van der Waals surface area contributed by atoms with Crippen molar-refractivity contribution < 1.29 is 23.1 Å². The Bertz CT molecular complexity index is 742. The van der Waals surface area contributed by atoms with Crippen LogP contribution in [0.1, 0.15) is 27.9 Å². The highest BCUT2D eigenvalue weighted by Gasteiger charge is 2.31. The van der Waals surface area contributed by atoms with Gasteiger partial charge in [-0.1, -0.05) is 0 Å². The SMILES string of the molecule is Cc1cc(C(=O)N2CC[C@H](C(=O)O)C2)cc(S(N)(=O)=O)c1C. The number of nitrogens with zero attached hydrogens (tertiary/aromatic N) is 1. The minimum atomic E-state index is -3.92. The Morgan fingerprint density at radius 2 is 1.95 bits per heavy atom. The average Bonchev–Trinajstić information content (AvgIpc) is 2.89. The molecule has 2 rings (SSSR count). The molecule has 3 N–H and O–H groups in total. The summed E-state index contributed by atoms with van der Waals surface area (Å²) in [4.78, 5) is 24.8. The zero-order valence-corrected chi connectivity index (χ0v) is 13.2. The molecule has 0 aromatic heterocycles. The van der Waals surface area contributed by atoms with Crippen molar-refractivity contribution in [3.05, 3.63) is 28.8 Å². The van der Waals surface area contributed by atoms with Gasteiger partial charge in [0.05, 0.1) is 10.8 Å². The van der Waals surface area contributed by atoms with E-state index in [9.17, 15) is 18.0 Å². The number of aliphatic carboxylic acids is 1. The quantitative estimate of drug-likeness (QED) is 0.838. The van der Waals surface area contributed by atoms with Gasteiger partial charge in [-0.05, 0) is 43.5 Å². The van der Waals surface area contributed by atoms with Crippen molar-refractivity contribution in [3.8, 4) is 0 Å². The third kappa shape index (κ3) is 3.12. The maximum atomic E-state index is 12.5. The molecule has 120 valence electrons. The first-order valence-electron chi connectivity index (χ1n) is 6.77. The number of sulfonamides is 1. The van der Waals surface area contributed by atoms with E-state index in [0.717, 1.165) is 0 Å². The molecule has 1 atom stereocenters. The van der Waals surface area contributed by atoms with E-state index in [4.69, 9.17) is 10.2 Å². The minimum Gasteiger partial charge on any atom is -0.481 e. The lowest BCUT2D eigenvalue weighted by molar-refractivity contribution is -0.141. The molecule has 1 heterocycles. The second-order valence-electron chi connectivity index (χ2n) is 5.54. The summed E-state index contributed by atoms with van der Waals surface area (Å²) >= 11 is 0. The molecule has 0 radical (unpaired) electrons. The second kappa shape index (κ2) is 5.69. The zero-order chi connectivity index (χ0) is 16.7. The summed E-state index contributed by atoms with van der Waals surface area (Å²) in [7, 11) is -3.92. The van der Waals surface area contributed by atoms with Crippen LogP contribution in [0.2, 0.25) is 0 Å². The lowest BCUT2D eigenvalue weighted by Gasteiger charge is -2.17. The summed E-state index contributed by atoms with van der Waals surface area (Å²) in [6, 6.07) is 2.86. The van der Waals surface area contributed by atoms with E-state index < -0.39 is 21.9 Å². The van der Waals surface area contributed by atoms with Gasteiger partial charge < -0.3 is 10.0 Å². The molecular formula is C14H18N2O5S. The molecule has 7 nitrogen and oxygen atoms in total. The van der Waals surface area contributed by atoms with Crippen LogP contribution in [0.25, 0.3) is 0 Å². The van der Waals surface area contributed by atoms with Crippen LogP contribution in [0.15, 0.2) is 17.0 Å². The van der Waals surface area contributed by atoms with E-state index in [1.807, 2.05) is 0 Å². The van der Waals surface area contributed by atoms with Crippen LogP contribution in [0.5, 0.6) is 0 Å². The molecule has 8 heteroatoms. The highest BCUT2D eigenvalue weighted by Crippen LogP contribution is 2.23. The maximum absolute atomic E-state index is 12.5. The van der Waals surface area contributed by atoms with Gasteiger partial charge >= 0.3 is 5.97 Å². The number of carbonyl (C=O) groups is 2. The molecule has 1 saturated heterocycles. The third-order valence-corrected chi connectivity index (χ3v) is 5.03. The largest absolute Gasteiger partial charge is 0.481 e. The molecule has 0 saturated carbocycles. The first-order chi connectivity index (χ1) is 10.1. The van der Waals surface area contributed by atoms with E-state index in [0.29, 0.717) is 24.1 Å². The number of carboxylic acid groups (broad SMARTS) is 1. The van der Waals surface area contributed by atoms with Crippen LogP contribution in [0, 0.1) is 19.8 Å². The lowest BCUT2D eigenvalue weighted by Crippen LogP contribution is -2.30. The predicted octanol–water partition coefficient (Wildman–Crippen LogP) is 0.498. The number of likely N-dealkylation sites (tertiary alicyclic amines) is 1. The molecule has 0 spiro atoms. The number of hydrogen-bond donors (Lipinski definition) is 2. The molecule has 1 aromatic carbocycles. The zero-order valence-electron chi connectivity index (χ0n) is 12.4. The predicted molar refractivity (Wildman–Crippen MR) is 78.9 cm³/mol. The molecule has 1 aliphatic rings. The first kappa shape index (κ1) is 16.4. The van der Waals surface area contributed by atoms with Gasteiger partial charge in [0.15, 0.2) is 0 Å². The molecule has 22 heavy (non-hydrogen) atoms. The van der Waals surface area contributed by atoms with Crippen molar-refractivity contribution in [3.63, 3.8) is 0 Å². The van der Waals surface area contributed by atoms with E-state index >= 15 is 0 Å². The molecule has 1 fully saturated rings. The van der Waals surface area contributed by atoms with Crippen molar-refractivity contribution in [2.45, 2.75) is 25.2 Å². The van der Waals surface area contributed by atoms with Gasteiger partial charge in [-0.15, -0.1) is 0 Å². The number of primary sulfonamides is 1. The maximum Gasteiger partial charge on any atom is 0.308 e. The number of nitrogens with two attached hydrogens (primary N) is 1. The highest BCUT2D eigenvalue weighted by molar-refractivity contribution is 7.89. The Morgan fingerprint density at radius 1 is 1.32 bits per heavy atom. The van der Waals surface area contributed by atoms with Crippen LogP contribution >= 0.6 is 0 Å². The van der Waals surface area contributed by atoms with Crippen molar-refractivity contribution >= 4 is 21.9 Å². The van der Waals surface area contributed by atoms with Gasteiger partial charge in [0.25, 0.3) is 5.91 Å². The lowest BCUT2D eigenvalue weighted by atomic mass is 10.1. The Kier molecular flexibility index (Phi) is 4.25. The molecule has 1 aromatic rings. The number of rotatable bonds is 3. The Hall–Kier alpha value is -1.93. The van der Waals surface area contributed by atoms with Crippen LogP contribution in [0.3, 0.4) is 0 Å². The van der Waals surface area contributed by atoms with Gasteiger partial charge in [0.2, 0.25) is 10.0 Å². The Labute approximate surface area is 128 Å². The fourth-order valence-corrected chi connectivity index (χ4v) is 3.45. The minimum absolute atomic E-state index is 0.0789. The molecule has 0 unspecified atom stereocenters. The summed E-state index contributed by atoms with van der Waals surface area (Å²) < 4.78 is 23.2. The van der Waals surface area contributed by atoms with Crippen LogP contribution in [-0.2, 0) is 14.8 Å². The van der Waals surface area contributed by atoms with Crippen LogP contribution in [-0.4, -0.2) is 43.4 Å². The number of aryl methyl sites for hydroxylation is 1. The number of carbonyl (C=O) groups excluding carboxylic acids is 1. The molecule has 1 aliphatic heterocycles. The summed E-state index contributed by atoms with van der Waals surface area (Å²) in [5.74, 6) is -1.88. The number of amides is 1. The van der Waals surface area contributed by atoms with Gasteiger partial charge in [-0.2, -0.15) is 0 Å². The van der Waals surface area contributed by atoms with Crippen molar-refractivity contribution in [2.24, 2.45) is 11.1 Å². The summed E-state index contributed by atoms with van der Waals surface area (Å²) in [5.41, 5.74) is 1.35. The monoisotopic (exact) mass is 326 g/mol. The molecule has 0 aliphatic carbocycles. The number of hydrogen-bond acceptors (Lipinski definition) is 4. The van der Waals surface area contributed by atoms with Crippen LogP contribution < -0.4 is 5.14 Å². The van der Waals surface area contributed by atoms with E-state index in [1.54, 1.807) is 19.9 Å². The van der Waals surface area contributed by atoms with Gasteiger partial charge in [-0.3, -0.25) is 9.59 Å². The standard InChI is InChI=1S/C14H18N2O5S/c1-8-5-11(6-12(9(8)2)22(15,20)21)13(17)16-4-3-10(7-16)14(18)19/h5-6,10H,3-4,7H2,1-2H3,(H,18,19)(H2,15,20,21)/t10-/m0/s1. The molecule has 1 amide bonds. The van der Waals surface area contributed by atoms with Crippen LogP contribution in [0.4, 0.5) is 0 Å². The summed E-state index contributed by atoms with van der Waals surface area (Å²) in [6.45, 7) is 3.80. The van der Waals surface area contributed by atoms with E-state index in [-0.39, 0.29) is 22.9 Å². The Balaban J connectivity index is 2.36. The highest BCUT2D eigenvalue weighted by atomic mass is 32.2. The molecule has 0 bridgehead atoms. The normalized spacial score (nSPS) is 18.5. The average molecular weight is 326 g/mol. The summed E-state index contributed by atoms with van der Waals surface area (Å²) in [6.07, 6.45) is 0.397. The fraction of sp³-hybridized carbons (Fsp3) is 0.429. The Morgan fingerprint density at radius 3 is 2.45 bits per heavy atom. The fourth-order valence-electron chi connectivity index (χ4n) is 2.57. The van der Waals surface area contributed by atoms with E-state index in [2.05, 4.69) is 0 Å². The van der Waals surface area contributed by atoms with Crippen molar-refractivity contribution in [1.82, 2.24) is 4.90 Å². The topological polar surface area (TPSA) is 118 Å². The van der Waals surface area contributed by atoms with Crippen molar-refractivity contribution in [2.75, 3.05) is 13.1 Å². The van der Waals surface area contributed by atoms with Gasteiger partial charge in [0.1, 0.15) is 0 Å². The van der Waals surface area contributed by atoms with Crippen molar-refractivity contribution in [1.29, 1.82) is 0 Å². The first-order valence-corrected chi connectivity index (χ1v) is 8.32. The summed E-state index contributed by atoms with van der Waals surface area (Å²) in [5, 5.41) is 14.2. The smallest absolute Gasteiger partial charge is 0.308 e. The van der Waals surface area contributed by atoms with Gasteiger partial charge in [0, 0.05) is 18.7 Å². The second-order valence-corrected chi connectivity index (χ2v) is 7.07. The van der Waals surface area contributed by atoms with E-state index in [1.165, 1.54) is 11.0 Å². The third-order valence-electron chi connectivity index (χ3n) is 4.00. The number of carboxylic acids is 1. The number of benzene rings is 1. The van der Waals surface area contributed by atoms with Gasteiger partial charge in [-0.25, -0.2) is 13.6 Å².